The Morgan fingerprint density at radius 1 is 1.11 bits per heavy atom. The zero-order valence-corrected chi connectivity index (χ0v) is 11.8. The lowest BCUT2D eigenvalue weighted by molar-refractivity contribution is -0.115. The first kappa shape index (κ1) is 13.4. The van der Waals surface area contributed by atoms with Crippen molar-refractivity contribution < 1.29 is 19.1 Å². The van der Waals surface area contributed by atoms with Crippen molar-refractivity contribution in [3.05, 3.63) is 27.9 Å². The molecule has 0 atom stereocenters. The fraction of sp³-hybridized carbons (Fsp3) is 0.167. The molecule has 0 saturated carbocycles. The topological polar surface area (TPSA) is 76.7 Å². The number of halogens is 1. The van der Waals surface area contributed by atoms with Gasteiger partial charge >= 0.3 is 6.03 Å². The number of urea groups is 1. The highest BCUT2D eigenvalue weighted by molar-refractivity contribution is 9.10. The third-order valence-corrected chi connectivity index (χ3v) is 3.14. The molecule has 2 N–H and O–H groups in total. The van der Waals surface area contributed by atoms with Gasteiger partial charge in [0.1, 0.15) is 17.2 Å². The quantitative estimate of drug-likeness (QED) is 0.654. The molecule has 1 heterocycles. The number of nitrogens with one attached hydrogen (secondary N) is 2. The van der Waals surface area contributed by atoms with Crippen molar-refractivity contribution >= 4 is 33.9 Å². The highest BCUT2D eigenvalue weighted by Gasteiger charge is 2.23. The number of amides is 3. The van der Waals surface area contributed by atoms with Crippen LogP contribution in [-0.4, -0.2) is 26.2 Å². The van der Waals surface area contributed by atoms with E-state index in [1.165, 1.54) is 13.2 Å². The zero-order chi connectivity index (χ0) is 14.0. The van der Waals surface area contributed by atoms with Crippen molar-refractivity contribution in [3.63, 3.8) is 0 Å². The van der Waals surface area contributed by atoms with E-state index in [0.29, 0.717) is 21.5 Å². The second-order valence-corrected chi connectivity index (χ2v) is 4.55. The fourth-order valence-electron chi connectivity index (χ4n) is 1.63. The number of imide groups is 1. The van der Waals surface area contributed by atoms with E-state index < -0.39 is 11.9 Å². The molecule has 0 aliphatic carbocycles. The van der Waals surface area contributed by atoms with Crippen molar-refractivity contribution in [1.29, 1.82) is 0 Å². The number of carbonyl (C=O) groups excluding carboxylic acids is 2. The number of benzene rings is 1. The van der Waals surface area contributed by atoms with E-state index in [0.717, 1.165) is 0 Å². The highest BCUT2D eigenvalue weighted by atomic mass is 79.9. The van der Waals surface area contributed by atoms with E-state index in [1.807, 2.05) is 0 Å². The Balaban J connectivity index is 2.45. The summed E-state index contributed by atoms with van der Waals surface area (Å²) in [5.41, 5.74) is 0.808. The third-order valence-electron chi connectivity index (χ3n) is 2.52. The Labute approximate surface area is 117 Å². The molecule has 0 unspecified atom stereocenters. The summed E-state index contributed by atoms with van der Waals surface area (Å²) in [6, 6.07) is 2.89. The van der Waals surface area contributed by atoms with E-state index >= 15 is 0 Å². The lowest BCUT2D eigenvalue weighted by Crippen LogP contribution is -2.22. The summed E-state index contributed by atoms with van der Waals surface area (Å²) in [4.78, 5) is 22.5. The molecule has 0 radical (unpaired) electrons. The largest absolute Gasteiger partial charge is 0.496 e. The van der Waals surface area contributed by atoms with E-state index in [-0.39, 0.29) is 5.70 Å². The number of ether oxygens (including phenoxy) is 2. The fourth-order valence-corrected chi connectivity index (χ4v) is 2.16. The summed E-state index contributed by atoms with van der Waals surface area (Å²) in [6.07, 6.45) is 1.53. The van der Waals surface area contributed by atoms with E-state index in [1.54, 1.807) is 19.2 Å². The van der Waals surface area contributed by atoms with Crippen molar-refractivity contribution in [2.45, 2.75) is 0 Å². The van der Waals surface area contributed by atoms with Crippen LogP contribution in [0.5, 0.6) is 11.5 Å². The molecule has 1 aromatic rings. The highest BCUT2D eigenvalue weighted by Crippen LogP contribution is 2.33. The predicted octanol–water partition coefficient (Wildman–Crippen LogP) is 1.65. The van der Waals surface area contributed by atoms with Crippen LogP contribution in [0.2, 0.25) is 0 Å². The monoisotopic (exact) mass is 326 g/mol. The van der Waals surface area contributed by atoms with Crippen LogP contribution >= 0.6 is 15.9 Å². The summed E-state index contributed by atoms with van der Waals surface area (Å²) in [5, 5.41) is 4.54. The SMILES string of the molecule is COc1cc(OC)c(C=C2NC(=O)NC2=O)cc1Br. The third kappa shape index (κ3) is 2.70. The van der Waals surface area contributed by atoms with Crippen molar-refractivity contribution in [2.75, 3.05) is 14.2 Å². The number of hydrogen-bond donors (Lipinski definition) is 2. The average Bonchev–Trinajstić information content (AvgIpc) is 2.68. The summed E-state index contributed by atoms with van der Waals surface area (Å²) in [6.45, 7) is 0. The van der Waals surface area contributed by atoms with Crippen LogP contribution in [0.15, 0.2) is 22.3 Å². The van der Waals surface area contributed by atoms with E-state index in [4.69, 9.17) is 9.47 Å². The molecule has 19 heavy (non-hydrogen) atoms. The lowest BCUT2D eigenvalue weighted by Gasteiger charge is -2.10. The second-order valence-electron chi connectivity index (χ2n) is 3.69. The number of rotatable bonds is 3. The van der Waals surface area contributed by atoms with Gasteiger partial charge in [-0.3, -0.25) is 10.1 Å². The molecule has 7 heteroatoms. The lowest BCUT2D eigenvalue weighted by atomic mass is 10.1. The average molecular weight is 327 g/mol. The van der Waals surface area contributed by atoms with E-state index in [2.05, 4.69) is 26.6 Å². The van der Waals surface area contributed by atoms with Crippen LogP contribution in [0.3, 0.4) is 0 Å². The second kappa shape index (κ2) is 5.31. The zero-order valence-electron chi connectivity index (χ0n) is 10.2. The molecular formula is C12H11BrN2O4. The van der Waals surface area contributed by atoms with Gasteiger partial charge in [-0.05, 0) is 28.1 Å². The van der Waals surface area contributed by atoms with Crippen LogP contribution in [-0.2, 0) is 4.79 Å². The standard InChI is InChI=1S/C12H11BrN2O4/c1-18-9-5-10(19-2)7(13)3-6(9)4-8-11(16)15-12(17)14-8/h3-5H,1-2H3,(H2,14,15,16,17). The molecule has 0 aromatic heterocycles. The van der Waals surface area contributed by atoms with Crippen molar-refractivity contribution in [1.82, 2.24) is 10.6 Å². The normalized spacial score (nSPS) is 16.3. The van der Waals surface area contributed by atoms with Crippen LogP contribution in [0.1, 0.15) is 5.56 Å². The molecule has 100 valence electrons. The molecule has 3 amide bonds. The first-order chi connectivity index (χ1) is 9.05. The summed E-state index contributed by atoms with van der Waals surface area (Å²) >= 11 is 3.35. The Hall–Kier alpha value is -2.02. The van der Waals surface area contributed by atoms with Gasteiger partial charge in [0.25, 0.3) is 5.91 Å². The predicted molar refractivity (Wildman–Crippen MR) is 71.9 cm³/mol. The molecule has 1 aliphatic rings. The Morgan fingerprint density at radius 3 is 2.32 bits per heavy atom. The maximum atomic E-state index is 11.5. The minimum atomic E-state index is -0.539. The Bertz CT molecular complexity index is 583. The van der Waals surface area contributed by atoms with Gasteiger partial charge in [-0.2, -0.15) is 0 Å². The van der Waals surface area contributed by atoms with Crippen molar-refractivity contribution in [2.24, 2.45) is 0 Å². The molecular weight excluding hydrogens is 316 g/mol. The van der Waals surface area contributed by atoms with Crippen molar-refractivity contribution in [3.8, 4) is 11.5 Å². The van der Waals surface area contributed by atoms with Gasteiger partial charge in [0.15, 0.2) is 0 Å². The minimum Gasteiger partial charge on any atom is -0.496 e. The van der Waals surface area contributed by atoms with Gasteiger partial charge in [0, 0.05) is 11.6 Å². The van der Waals surface area contributed by atoms with Crippen LogP contribution < -0.4 is 20.1 Å². The van der Waals surface area contributed by atoms with Crippen LogP contribution in [0.25, 0.3) is 6.08 Å². The van der Waals surface area contributed by atoms with Gasteiger partial charge in [-0.25, -0.2) is 4.79 Å². The van der Waals surface area contributed by atoms with Crippen LogP contribution in [0, 0.1) is 0 Å². The molecule has 1 aromatic carbocycles. The van der Waals surface area contributed by atoms with Gasteiger partial charge in [-0.1, -0.05) is 0 Å². The van der Waals surface area contributed by atoms with Crippen LogP contribution in [0.4, 0.5) is 4.79 Å². The summed E-state index contributed by atoms with van der Waals surface area (Å²) < 4.78 is 11.1. The van der Waals surface area contributed by atoms with Gasteiger partial charge in [0.2, 0.25) is 0 Å². The van der Waals surface area contributed by atoms with Gasteiger partial charge < -0.3 is 14.8 Å². The molecule has 0 bridgehead atoms. The molecule has 1 aliphatic heterocycles. The molecule has 1 saturated heterocycles. The summed E-state index contributed by atoms with van der Waals surface area (Å²) in [7, 11) is 3.06. The number of methoxy groups -OCH3 is 2. The molecule has 2 rings (SSSR count). The first-order valence-corrected chi connectivity index (χ1v) is 6.10. The molecule has 6 nitrogen and oxygen atoms in total. The molecule has 1 fully saturated rings. The minimum absolute atomic E-state index is 0.167. The maximum Gasteiger partial charge on any atom is 0.326 e. The maximum absolute atomic E-state index is 11.5. The Morgan fingerprint density at radius 2 is 1.79 bits per heavy atom. The van der Waals surface area contributed by atoms with E-state index in [9.17, 15) is 9.59 Å². The van der Waals surface area contributed by atoms with Gasteiger partial charge in [-0.15, -0.1) is 0 Å². The number of carbonyl (C=O) groups is 2. The van der Waals surface area contributed by atoms with Gasteiger partial charge in [0.05, 0.1) is 18.7 Å². The Kier molecular flexibility index (Phi) is 3.75. The number of hydrogen-bond acceptors (Lipinski definition) is 4. The molecule has 0 spiro atoms. The smallest absolute Gasteiger partial charge is 0.326 e. The summed E-state index contributed by atoms with van der Waals surface area (Å²) in [5.74, 6) is 0.666. The first-order valence-electron chi connectivity index (χ1n) is 5.30.